The molecule has 0 spiro atoms. The zero-order valence-corrected chi connectivity index (χ0v) is 13.3. The van der Waals surface area contributed by atoms with Gasteiger partial charge in [-0.15, -0.1) is 0 Å². The number of aliphatic hydroxyl groups excluding tert-OH is 1. The highest BCUT2D eigenvalue weighted by atomic mass is 16.7. The molecule has 0 aromatic rings. The summed E-state index contributed by atoms with van der Waals surface area (Å²) in [7, 11) is 1.59. The molecule has 0 aliphatic carbocycles. The van der Waals surface area contributed by atoms with Crippen molar-refractivity contribution < 1.29 is 19.3 Å². The first-order chi connectivity index (χ1) is 9.26. The van der Waals surface area contributed by atoms with E-state index in [1.165, 1.54) is 0 Å². The third-order valence-electron chi connectivity index (χ3n) is 3.34. The number of nitrogens with zero attached hydrogens (tertiary/aromatic N) is 1. The smallest absolute Gasteiger partial charge is 0.214 e. The van der Waals surface area contributed by atoms with E-state index in [-0.39, 0.29) is 24.4 Å². The van der Waals surface area contributed by atoms with Crippen LogP contribution in [0.2, 0.25) is 0 Å². The molecule has 5 heteroatoms. The van der Waals surface area contributed by atoms with Crippen LogP contribution in [-0.4, -0.2) is 49.3 Å². The summed E-state index contributed by atoms with van der Waals surface area (Å²) in [6.07, 6.45) is 1.22. The minimum absolute atomic E-state index is 0.0486. The lowest BCUT2D eigenvalue weighted by molar-refractivity contribution is -0.0532. The van der Waals surface area contributed by atoms with Crippen molar-refractivity contribution in [2.24, 2.45) is 10.9 Å². The Labute approximate surface area is 121 Å². The molecule has 0 radical (unpaired) electrons. The van der Waals surface area contributed by atoms with E-state index in [1.54, 1.807) is 7.11 Å². The minimum Gasteiger partial charge on any atom is -0.477 e. The SMILES string of the molecule is COCO[C@@H](C)/C(C)=C\[C@@H](C)[C@H](O)C1=NC(C)(C)CO1. The van der Waals surface area contributed by atoms with E-state index < -0.39 is 6.10 Å². The Balaban J connectivity index is 2.63. The summed E-state index contributed by atoms with van der Waals surface area (Å²) in [5.74, 6) is 0.341. The number of hydrogen-bond acceptors (Lipinski definition) is 5. The quantitative estimate of drug-likeness (QED) is 0.575. The van der Waals surface area contributed by atoms with Crippen LogP contribution < -0.4 is 0 Å². The van der Waals surface area contributed by atoms with Gasteiger partial charge in [0.25, 0.3) is 0 Å². The average molecular weight is 285 g/mol. The molecule has 3 atom stereocenters. The van der Waals surface area contributed by atoms with Crippen molar-refractivity contribution in [2.45, 2.75) is 52.4 Å². The first-order valence-corrected chi connectivity index (χ1v) is 6.96. The largest absolute Gasteiger partial charge is 0.477 e. The monoisotopic (exact) mass is 285 g/mol. The summed E-state index contributed by atoms with van der Waals surface area (Å²) in [4.78, 5) is 4.41. The maximum absolute atomic E-state index is 10.3. The first kappa shape index (κ1) is 17.1. The van der Waals surface area contributed by atoms with Gasteiger partial charge >= 0.3 is 0 Å². The van der Waals surface area contributed by atoms with Crippen molar-refractivity contribution in [2.75, 3.05) is 20.5 Å². The van der Waals surface area contributed by atoms with Crippen LogP contribution in [-0.2, 0) is 14.2 Å². The molecular weight excluding hydrogens is 258 g/mol. The highest BCUT2D eigenvalue weighted by molar-refractivity contribution is 5.83. The maximum Gasteiger partial charge on any atom is 0.214 e. The van der Waals surface area contributed by atoms with Gasteiger partial charge < -0.3 is 19.3 Å². The van der Waals surface area contributed by atoms with Crippen LogP contribution >= 0.6 is 0 Å². The molecule has 1 rings (SSSR count). The molecule has 20 heavy (non-hydrogen) atoms. The Morgan fingerprint density at radius 1 is 1.50 bits per heavy atom. The molecule has 0 aromatic heterocycles. The maximum atomic E-state index is 10.3. The number of aliphatic hydroxyl groups is 1. The molecule has 1 heterocycles. The molecule has 5 nitrogen and oxygen atoms in total. The van der Waals surface area contributed by atoms with Gasteiger partial charge in [0.2, 0.25) is 5.90 Å². The van der Waals surface area contributed by atoms with Crippen LogP contribution in [0.15, 0.2) is 16.6 Å². The molecule has 1 aliphatic rings. The van der Waals surface area contributed by atoms with Crippen molar-refractivity contribution in [1.82, 2.24) is 0 Å². The van der Waals surface area contributed by atoms with E-state index in [1.807, 2.05) is 40.7 Å². The first-order valence-electron chi connectivity index (χ1n) is 6.96. The Morgan fingerprint density at radius 3 is 2.65 bits per heavy atom. The summed E-state index contributed by atoms with van der Waals surface area (Å²) < 4.78 is 15.8. The van der Waals surface area contributed by atoms with Gasteiger partial charge in [0.15, 0.2) is 0 Å². The normalized spacial score (nSPS) is 22.9. The second kappa shape index (κ2) is 7.20. The number of rotatable bonds is 7. The van der Waals surface area contributed by atoms with Crippen molar-refractivity contribution in [3.05, 3.63) is 11.6 Å². The highest BCUT2D eigenvalue weighted by Gasteiger charge is 2.32. The van der Waals surface area contributed by atoms with Crippen LogP contribution in [0.25, 0.3) is 0 Å². The third kappa shape index (κ3) is 4.89. The van der Waals surface area contributed by atoms with E-state index in [0.717, 1.165) is 5.57 Å². The average Bonchev–Trinajstić information content (AvgIpc) is 2.75. The minimum atomic E-state index is -0.721. The number of methoxy groups -OCH3 is 1. The predicted molar refractivity (Wildman–Crippen MR) is 78.8 cm³/mol. The van der Waals surface area contributed by atoms with E-state index in [4.69, 9.17) is 14.2 Å². The Bertz CT molecular complexity index is 376. The van der Waals surface area contributed by atoms with Crippen molar-refractivity contribution in [3.8, 4) is 0 Å². The number of hydrogen-bond donors (Lipinski definition) is 1. The Morgan fingerprint density at radius 2 is 2.15 bits per heavy atom. The zero-order valence-electron chi connectivity index (χ0n) is 13.3. The lowest BCUT2D eigenvalue weighted by atomic mass is 9.99. The molecule has 116 valence electrons. The van der Waals surface area contributed by atoms with Gasteiger partial charge in [-0.3, -0.25) is 0 Å². The molecular formula is C15H27NO4. The molecule has 0 amide bonds. The summed E-state index contributed by atoms with van der Waals surface area (Å²) in [5, 5.41) is 10.3. The van der Waals surface area contributed by atoms with Gasteiger partial charge in [0, 0.05) is 13.0 Å². The van der Waals surface area contributed by atoms with E-state index in [2.05, 4.69) is 4.99 Å². The molecule has 0 bridgehead atoms. The van der Waals surface area contributed by atoms with Gasteiger partial charge in [0.05, 0.1) is 11.6 Å². The van der Waals surface area contributed by atoms with Crippen LogP contribution in [0, 0.1) is 5.92 Å². The molecule has 1 N–H and O–H groups in total. The number of ether oxygens (including phenoxy) is 3. The predicted octanol–water partition coefficient (Wildman–Crippen LogP) is 2.15. The summed E-state index contributed by atoms with van der Waals surface area (Å²) >= 11 is 0. The van der Waals surface area contributed by atoms with Crippen molar-refractivity contribution in [1.29, 1.82) is 0 Å². The summed E-state index contributed by atoms with van der Waals surface area (Å²) in [6.45, 7) is 10.6. The van der Waals surface area contributed by atoms with Gasteiger partial charge in [-0.05, 0) is 33.3 Å². The van der Waals surface area contributed by atoms with Crippen LogP contribution in [0.5, 0.6) is 0 Å². The lowest BCUT2D eigenvalue weighted by Gasteiger charge is -2.18. The second-order valence-electron chi connectivity index (χ2n) is 5.98. The van der Waals surface area contributed by atoms with Crippen molar-refractivity contribution >= 4 is 5.90 Å². The molecule has 0 aromatic carbocycles. The fraction of sp³-hybridized carbons (Fsp3) is 0.800. The Hall–Kier alpha value is -0.910. The molecule has 1 aliphatic heterocycles. The molecule has 0 fully saturated rings. The molecule has 0 saturated heterocycles. The third-order valence-corrected chi connectivity index (χ3v) is 3.34. The van der Waals surface area contributed by atoms with Crippen LogP contribution in [0.4, 0.5) is 0 Å². The molecule has 0 unspecified atom stereocenters. The van der Waals surface area contributed by atoms with Gasteiger partial charge in [-0.25, -0.2) is 4.99 Å². The standard InChI is InChI=1S/C15H27NO4/c1-10(12(3)20-9-18-6)7-11(2)13(17)14-16-15(4,5)8-19-14/h7,11-13,17H,8-9H2,1-6H3/b10-7-/t11-,12+,13+/m1/s1. The van der Waals surface area contributed by atoms with Gasteiger partial charge in [0.1, 0.15) is 19.5 Å². The fourth-order valence-electron chi connectivity index (χ4n) is 1.93. The van der Waals surface area contributed by atoms with Crippen molar-refractivity contribution in [3.63, 3.8) is 0 Å². The Kier molecular flexibility index (Phi) is 6.17. The zero-order chi connectivity index (χ0) is 15.3. The lowest BCUT2D eigenvalue weighted by Crippen LogP contribution is -2.27. The second-order valence-corrected chi connectivity index (χ2v) is 5.98. The van der Waals surface area contributed by atoms with Crippen LogP contribution in [0.1, 0.15) is 34.6 Å². The number of aliphatic imine (C=N–C) groups is 1. The van der Waals surface area contributed by atoms with E-state index >= 15 is 0 Å². The van der Waals surface area contributed by atoms with E-state index in [0.29, 0.717) is 12.5 Å². The van der Waals surface area contributed by atoms with Gasteiger partial charge in [-0.2, -0.15) is 0 Å². The highest BCUT2D eigenvalue weighted by Crippen LogP contribution is 2.22. The van der Waals surface area contributed by atoms with Gasteiger partial charge in [-0.1, -0.05) is 13.0 Å². The van der Waals surface area contributed by atoms with Crippen LogP contribution in [0.3, 0.4) is 0 Å². The fourth-order valence-corrected chi connectivity index (χ4v) is 1.93. The summed E-state index contributed by atoms with van der Waals surface area (Å²) in [6, 6.07) is 0. The topological polar surface area (TPSA) is 60.3 Å². The summed E-state index contributed by atoms with van der Waals surface area (Å²) in [5.41, 5.74) is 0.801. The molecule has 0 saturated carbocycles. The van der Waals surface area contributed by atoms with E-state index in [9.17, 15) is 5.11 Å².